The van der Waals surface area contributed by atoms with Crippen molar-refractivity contribution in [3.05, 3.63) is 12.2 Å². The van der Waals surface area contributed by atoms with E-state index in [2.05, 4.69) is 12.2 Å². The van der Waals surface area contributed by atoms with Crippen molar-refractivity contribution in [1.82, 2.24) is 0 Å². The average molecular weight is 136 g/mol. The van der Waals surface area contributed by atoms with Crippen LogP contribution in [0.25, 0.3) is 0 Å². The van der Waals surface area contributed by atoms with E-state index < -0.39 is 0 Å². The van der Waals surface area contributed by atoms with Gasteiger partial charge in [-0.1, -0.05) is 12.2 Å². The first-order valence-electron chi connectivity index (χ1n) is 3.96. The molecule has 0 aromatic heterocycles. The number of carbonyl (C=O) groups excluding carboxylic acids is 1. The van der Waals surface area contributed by atoms with Gasteiger partial charge in [-0.2, -0.15) is 0 Å². The van der Waals surface area contributed by atoms with Crippen LogP contribution in [0.4, 0.5) is 0 Å². The molecule has 0 aliphatic heterocycles. The lowest BCUT2D eigenvalue weighted by molar-refractivity contribution is -0.120. The maximum atomic E-state index is 11.0. The lowest BCUT2D eigenvalue weighted by Gasteiger charge is -2.11. The van der Waals surface area contributed by atoms with Crippen molar-refractivity contribution in [2.45, 2.75) is 19.8 Å². The molecule has 1 heteroatoms. The summed E-state index contributed by atoms with van der Waals surface area (Å²) in [4.78, 5) is 11.0. The highest BCUT2D eigenvalue weighted by molar-refractivity contribution is 5.81. The second-order valence-corrected chi connectivity index (χ2v) is 3.46. The fourth-order valence-corrected chi connectivity index (χ4v) is 1.96. The second-order valence-electron chi connectivity index (χ2n) is 3.46. The normalized spacial score (nSPS) is 42.7. The van der Waals surface area contributed by atoms with E-state index >= 15 is 0 Å². The van der Waals surface area contributed by atoms with Gasteiger partial charge in [-0.3, -0.25) is 4.79 Å². The van der Waals surface area contributed by atoms with Crippen molar-refractivity contribution in [2.75, 3.05) is 0 Å². The Kier molecular flexibility index (Phi) is 1.19. The number of carbonyl (C=O) groups is 1. The summed E-state index contributed by atoms with van der Waals surface area (Å²) in [5.74, 6) is 2.21. The molecule has 2 aliphatic carbocycles. The van der Waals surface area contributed by atoms with Gasteiger partial charge in [0.1, 0.15) is 5.78 Å². The average Bonchev–Trinajstić information content (AvgIpc) is 2.63. The van der Waals surface area contributed by atoms with Gasteiger partial charge in [-0.15, -0.1) is 0 Å². The minimum Gasteiger partial charge on any atom is -0.299 e. The molecule has 2 rings (SSSR count). The van der Waals surface area contributed by atoms with Crippen LogP contribution in [-0.2, 0) is 4.79 Å². The Labute approximate surface area is 61.1 Å². The molecule has 0 amide bonds. The molecular formula is C9H12O. The number of rotatable bonds is 1. The summed E-state index contributed by atoms with van der Waals surface area (Å²) in [5, 5.41) is 0. The first-order valence-corrected chi connectivity index (χ1v) is 3.96. The molecule has 0 saturated heterocycles. The standard InChI is InChI=1S/C9H12O/c1-6(10)8-4-2-3-7-5-9(7)8/h2,4,7-9H,3,5H2,1H3/t7-,8-,9+/m1/s1. The van der Waals surface area contributed by atoms with Gasteiger partial charge in [-0.05, 0) is 31.6 Å². The fraction of sp³-hybridized carbons (Fsp3) is 0.667. The van der Waals surface area contributed by atoms with E-state index in [0.29, 0.717) is 5.78 Å². The Hall–Kier alpha value is -0.590. The number of hydrogen-bond donors (Lipinski definition) is 0. The molecule has 0 aromatic rings. The molecule has 54 valence electrons. The van der Waals surface area contributed by atoms with Crippen LogP contribution in [0.3, 0.4) is 0 Å². The predicted octanol–water partition coefficient (Wildman–Crippen LogP) is 1.79. The smallest absolute Gasteiger partial charge is 0.136 e. The van der Waals surface area contributed by atoms with Gasteiger partial charge in [0.2, 0.25) is 0 Å². The molecule has 0 unspecified atom stereocenters. The first kappa shape index (κ1) is 6.14. The van der Waals surface area contributed by atoms with Gasteiger partial charge in [0.05, 0.1) is 0 Å². The molecule has 10 heavy (non-hydrogen) atoms. The van der Waals surface area contributed by atoms with Crippen molar-refractivity contribution in [1.29, 1.82) is 0 Å². The summed E-state index contributed by atoms with van der Waals surface area (Å²) in [7, 11) is 0. The van der Waals surface area contributed by atoms with Crippen LogP contribution in [-0.4, -0.2) is 5.78 Å². The molecule has 0 N–H and O–H groups in total. The lowest BCUT2D eigenvalue weighted by Crippen LogP contribution is -2.13. The molecule has 2 aliphatic rings. The maximum absolute atomic E-state index is 11.0. The van der Waals surface area contributed by atoms with Crippen LogP contribution in [0.15, 0.2) is 12.2 Å². The van der Waals surface area contributed by atoms with Gasteiger partial charge in [0.25, 0.3) is 0 Å². The zero-order chi connectivity index (χ0) is 7.14. The largest absolute Gasteiger partial charge is 0.299 e. The van der Waals surface area contributed by atoms with E-state index in [4.69, 9.17) is 0 Å². The molecule has 0 bridgehead atoms. The van der Waals surface area contributed by atoms with E-state index in [0.717, 1.165) is 11.8 Å². The summed E-state index contributed by atoms with van der Waals surface area (Å²) >= 11 is 0. The Balaban J connectivity index is 2.14. The van der Waals surface area contributed by atoms with Crippen molar-refractivity contribution >= 4 is 5.78 Å². The first-order chi connectivity index (χ1) is 4.79. The lowest BCUT2D eigenvalue weighted by atomic mass is 9.92. The third kappa shape index (κ3) is 0.808. The van der Waals surface area contributed by atoms with Gasteiger partial charge >= 0.3 is 0 Å². The summed E-state index contributed by atoms with van der Waals surface area (Å²) in [6.07, 6.45) is 6.77. The topological polar surface area (TPSA) is 17.1 Å². The Bertz CT molecular complexity index is 193. The molecule has 1 fully saturated rings. The van der Waals surface area contributed by atoms with Crippen LogP contribution in [0, 0.1) is 17.8 Å². The third-order valence-corrected chi connectivity index (χ3v) is 2.69. The number of fused-ring (bicyclic) bond motifs is 1. The zero-order valence-corrected chi connectivity index (χ0v) is 6.21. The Morgan fingerprint density at radius 2 is 2.40 bits per heavy atom. The number of allylic oxidation sites excluding steroid dienone is 2. The molecule has 0 heterocycles. The second kappa shape index (κ2) is 1.94. The molecular weight excluding hydrogens is 124 g/mol. The Morgan fingerprint density at radius 1 is 1.60 bits per heavy atom. The molecule has 3 atom stereocenters. The van der Waals surface area contributed by atoms with Crippen molar-refractivity contribution in [3.8, 4) is 0 Å². The number of ketones is 1. The van der Waals surface area contributed by atoms with Crippen molar-refractivity contribution in [3.63, 3.8) is 0 Å². The number of hydrogen-bond acceptors (Lipinski definition) is 1. The van der Waals surface area contributed by atoms with E-state index in [1.165, 1.54) is 12.8 Å². The van der Waals surface area contributed by atoms with Gasteiger partial charge in [0, 0.05) is 5.92 Å². The minimum atomic E-state index is 0.277. The third-order valence-electron chi connectivity index (χ3n) is 2.69. The zero-order valence-electron chi connectivity index (χ0n) is 6.21. The van der Waals surface area contributed by atoms with E-state index in [9.17, 15) is 4.79 Å². The molecule has 0 aromatic carbocycles. The fourth-order valence-electron chi connectivity index (χ4n) is 1.96. The van der Waals surface area contributed by atoms with Crippen molar-refractivity contribution in [2.24, 2.45) is 17.8 Å². The minimum absolute atomic E-state index is 0.277. The van der Waals surface area contributed by atoms with Crippen LogP contribution in [0.1, 0.15) is 19.8 Å². The highest BCUT2D eigenvalue weighted by Crippen LogP contribution is 2.50. The SMILES string of the molecule is CC(=O)[C@H]1C=CC[C@@H]2C[C@@H]21. The highest BCUT2D eigenvalue weighted by Gasteiger charge is 2.44. The number of Topliss-reactive ketones (excluding diaryl/α,β-unsaturated/α-hetero) is 1. The maximum Gasteiger partial charge on any atom is 0.136 e. The molecule has 0 spiro atoms. The monoisotopic (exact) mass is 136 g/mol. The van der Waals surface area contributed by atoms with Crippen LogP contribution in [0.2, 0.25) is 0 Å². The van der Waals surface area contributed by atoms with Crippen LogP contribution >= 0.6 is 0 Å². The molecule has 0 radical (unpaired) electrons. The Morgan fingerprint density at radius 3 is 3.00 bits per heavy atom. The summed E-state index contributed by atoms with van der Waals surface area (Å²) in [5.41, 5.74) is 0. The van der Waals surface area contributed by atoms with E-state index in [1.54, 1.807) is 6.92 Å². The van der Waals surface area contributed by atoms with Crippen LogP contribution in [0.5, 0.6) is 0 Å². The summed E-state index contributed by atoms with van der Waals surface area (Å²) < 4.78 is 0. The quantitative estimate of drug-likeness (QED) is 0.502. The van der Waals surface area contributed by atoms with Gasteiger partial charge in [0.15, 0.2) is 0 Å². The highest BCUT2D eigenvalue weighted by atomic mass is 16.1. The molecule has 1 nitrogen and oxygen atoms in total. The van der Waals surface area contributed by atoms with Gasteiger partial charge < -0.3 is 0 Å². The van der Waals surface area contributed by atoms with E-state index in [-0.39, 0.29) is 5.92 Å². The summed E-state index contributed by atoms with van der Waals surface area (Å²) in [6, 6.07) is 0. The summed E-state index contributed by atoms with van der Waals surface area (Å²) in [6.45, 7) is 1.70. The molecule has 1 saturated carbocycles. The van der Waals surface area contributed by atoms with Gasteiger partial charge in [-0.25, -0.2) is 0 Å². The van der Waals surface area contributed by atoms with Crippen LogP contribution < -0.4 is 0 Å². The van der Waals surface area contributed by atoms with Crippen molar-refractivity contribution < 1.29 is 4.79 Å². The van der Waals surface area contributed by atoms with E-state index in [1.807, 2.05) is 0 Å². The predicted molar refractivity (Wildman–Crippen MR) is 39.5 cm³/mol.